The lowest BCUT2D eigenvalue weighted by molar-refractivity contribution is -0.119. The van der Waals surface area contributed by atoms with E-state index in [1.807, 2.05) is 18.5 Å². The van der Waals surface area contributed by atoms with E-state index >= 15 is 0 Å². The largest absolute Gasteiger partial charge is 0.395 e. The minimum absolute atomic E-state index is 0.0740. The molecule has 0 aliphatic rings. The number of amides is 1. The van der Waals surface area contributed by atoms with Crippen molar-refractivity contribution in [1.29, 1.82) is 0 Å². The summed E-state index contributed by atoms with van der Waals surface area (Å²) in [5.41, 5.74) is 8.67. The minimum Gasteiger partial charge on any atom is -0.395 e. The van der Waals surface area contributed by atoms with Crippen LogP contribution >= 0.6 is 11.6 Å². The van der Waals surface area contributed by atoms with Gasteiger partial charge in [-0.15, -0.1) is 0 Å². The Kier molecular flexibility index (Phi) is 7.14. The first-order valence-corrected chi connectivity index (χ1v) is 8.81. The van der Waals surface area contributed by atoms with Gasteiger partial charge in [0.05, 0.1) is 24.8 Å². The highest BCUT2D eigenvalue weighted by atomic mass is 35.5. The molecule has 142 valence electrons. The SMILES string of the molecule is Cc1nn(CCNCCO)c(C)c1C(Cc1ccc(F)cc1Cl)C(N)=O. The number of hydrogen-bond acceptors (Lipinski definition) is 4. The van der Waals surface area contributed by atoms with Crippen molar-refractivity contribution in [3.05, 3.63) is 51.6 Å². The van der Waals surface area contributed by atoms with Gasteiger partial charge in [-0.3, -0.25) is 9.48 Å². The Morgan fingerprint density at radius 2 is 2.15 bits per heavy atom. The molecule has 1 amide bonds. The molecular weight excluding hydrogens is 359 g/mol. The smallest absolute Gasteiger partial charge is 0.225 e. The number of aliphatic hydroxyl groups excluding tert-OH is 1. The van der Waals surface area contributed by atoms with Crippen LogP contribution in [0.25, 0.3) is 0 Å². The average Bonchev–Trinajstić information content (AvgIpc) is 2.85. The zero-order valence-corrected chi connectivity index (χ0v) is 15.7. The second-order valence-corrected chi connectivity index (χ2v) is 6.58. The number of benzene rings is 1. The number of halogens is 2. The molecule has 0 aliphatic heterocycles. The van der Waals surface area contributed by atoms with Crippen LogP contribution in [0.15, 0.2) is 18.2 Å². The van der Waals surface area contributed by atoms with Crippen LogP contribution in [0.3, 0.4) is 0 Å². The van der Waals surface area contributed by atoms with Gasteiger partial charge in [-0.05, 0) is 38.0 Å². The molecule has 0 bridgehead atoms. The van der Waals surface area contributed by atoms with Crippen molar-refractivity contribution in [1.82, 2.24) is 15.1 Å². The monoisotopic (exact) mass is 382 g/mol. The molecule has 4 N–H and O–H groups in total. The first-order valence-electron chi connectivity index (χ1n) is 8.43. The summed E-state index contributed by atoms with van der Waals surface area (Å²) in [6.45, 7) is 5.57. The summed E-state index contributed by atoms with van der Waals surface area (Å²) in [6.07, 6.45) is 0.282. The lowest BCUT2D eigenvalue weighted by Gasteiger charge is -2.16. The number of aliphatic hydroxyl groups is 1. The van der Waals surface area contributed by atoms with Gasteiger partial charge in [0.1, 0.15) is 5.82 Å². The summed E-state index contributed by atoms with van der Waals surface area (Å²) < 4.78 is 15.1. The van der Waals surface area contributed by atoms with Gasteiger partial charge >= 0.3 is 0 Å². The summed E-state index contributed by atoms with van der Waals surface area (Å²) >= 11 is 6.11. The van der Waals surface area contributed by atoms with E-state index in [1.165, 1.54) is 12.1 Å². The van der Waals surface area contributed by atoms with E-state index in [-0.39, 0.29) is 18.1 Å². The summed E-state index contributed by atoms with van der Waals surface area (Å²) in [4.78, 5) is 12.1. The quantitative estimate of drug-likeness (QED) is 0.575. The third-order valence-electron chi connectivity index (χ3n) is 4.36. The van der Waals surface area contributed by atoms with E-state index < -0.39 is 17.6 Å². The van der Waals surface area contributed by atoms with E-state index in [2.05, 4.69) is 10.4 Å². The topological polar surface area (TPSA) is 93.2 Å². The summed E-state index contributed by atoms with van der Waals surface area (Å²) in [5, 5.41) is 16.7. The standard InChI is InChI=1S/C18H24ClFN4O2/c1-11-17(12(2)24(23-11)7-5-22-6-8-25)15(18(21)26)9-13-3-4-14(20)10-16(13)19/h3-4,10,15,22,25H,5-9H2,1-2H3,(H2,21,26). The van der Waals surface area contributed by atoms with Crippen LogP contribution in [0.1, 0.15) is 28.4 Å². The lowest BCUT2D eigenvalue weighted by atomic mass is 9.90. The van der Waals surface area contributed by atoms with Gasteiger partial charge in [-0.2, -0.15) is 5.10 Å². The molecule has 1 heterocycles. The number of nitrogens with zero attached hydrogens (tertiary/aromatic N) is 2. The van der Waals surface area contributed by atoms with Crippen LogP contribution in [0.4, 0.5) is 4.39 Å². The van der Waals surface area contributed by atoms with Crippen molar-refractivity contribution in [2.45, 2.75) is 32.7 Å². The van der Waals surface area contributed by atoms with E-state index in [4.69, 9.17) is 22.4 Å². The predicted octanol–water partition coefficient (Wildman–Crippen LogP) is 1.69. The number of carbonyl (C=O) groups excluding carboxylic acids is 1. The van der Waals surface area contributed by atoms with Gasteiger partial charge in [0.2, 0.25) is 5.91 Å². The van der Waals surface area contributed by atoms with Crippen molar-refractivity contribution in [2.75, 3.05) is 19.7 Å². The second-order valence-electron chi connectivity index (χ2n) is 6.18. The van der Waals surface area contributed by atoms with Crippen LogP contribution < -0.4 is 11.1 Å². The zero-order chi connectivity index (χ0) is 19.3. The van der Waals surface area contributed by atoms with Crippen molar-refractivity contribution in [3.63, 3.8) is 0 Å². The van der Waals surface area contributed by atoms with Crippen molar-refractivity contribution >= 4 is 17.5 Å². The number of primary amides is 1. The molecule has 0 radical (unpaired) electrons. The number of nitrogens with two attached hydrogens (primary N) is 1. The molecule has 0 aliphatic carbocycles. The van der Waals surface area contributed by atoms with Gasteiger partial charge in [-0.1, -0.05) is 17.7 Å². The van der Waals surface area contributed by atoms with Gasteiger partial charge in [0.15, 0.2) is 0 Å². The van der Waals surface area contributed by atoms with E-state index in [0.29, 0.717) is 25.2 Å². The third kappa shape index (κ3) is 4.81. The zero-order valence-electron chi connectivity index (χ0n) is 14.9. The molecule has 6 nitrogen and oxygen atoms in total. The van der Waals surface area contributed by atoms with Crippen molar-refractivity contribution in [2.24, 2.45) is 5.73 Å². The fraction of sp³-hybridized carbons (Fsp3) is 0.444. The molecule has 2 rings (SSSR count). The van der Waals surface area contributed by atoms with Gasteiger partial charge in [-0.25, -0.2) is 4.39 Å². The second kappa shape index (κ2) is 9.12. The maximum absolute atomic E-state index is 13.3. The number of carbonyl (C=O) groups is 1. The molecule has 1 aromatic heterocycles. The highest BCUT2D eigenvalue weighted by Crippen LogP contribution is 2.29. The molecule has 26 heavy (non-hydrogen) atoms. The van der Waals surface area contributed by atoms with Crippen LogP contribution in [0.5, 0.6) is 0 Å². The molecule has 0 spiro atoms. The Morgan fingerprint density at radius 1 is 1.42 bits per heavy atom. The molecule has 8 heteroatoms. The molecule has 1 atom stereocenters. The number of rotatable bonds is 9. The molecule has 2 aromatic rings. The van der Waals surface area contributed by atoms with E-state index in [1.54, 1.807) is 6.07 Å². The van der Waals surface area contributed by atoms with Gasteiger partial charge < -0.3 is 16.2 Å². The summed E-state index contributed by atoms with van der Waals surface area (Å²) in [5.74, 6) is -1.50. The molecule has 0 fully saturated rings. The Hall–Kier alpha value is -1.96. The predicted molar refractivity (Wildman–Crippen MR) is 98.7 cm³/mol. The van der Waals surface area contributed by atoms with Gasteiger partial charge in [0, 0.05) is 29.4 Å². The van der Waals surface area contributed by atoms with Crippen LogP contribution in [-0.2, 0) is 17.8 Å². The Balaban J connectivity index is 2.26. The number of aryl methyl sites for hydroxylation is 1. The normalized spacial score (nSPS) is 12.3. The number of aromatic nitrogens is 2. The van der Waals surface area contributed by atoms with Crippen molar-refractivity contribution < 1.29 is 14.3 Å². The highest BCUT2D eigenvalue weighted by Gasteiger charge is 2.26. The maximum atomic E-state index is 13.3. The Bertz CT molecular complexity index is 779. The van der Waals surface area contributed by atoms with Crippen molar-refractivity contribution in [3.8, 4) is 0 Å². The van der Waals surface area contributed by atoms with Crippen LogP contribution in [-0.4, -0.2) is 40.5 Å². The van der Waals surface area contributed by atoms with Gasteiger partial charge in [0.25, 0.3) is 0 Å². The summed E-state index contributed by atoms with van der Waals surface area (Å²) in [6, 6.07) is 4.11. The number of hydrogen-bond donors (Lipinski definition) is 3. The molecule has 0 saturated carbocycles. The third-order valence-corrected chi connectivity index (χ3v) is 4.71. The minimum atomic E-state index is -0.600. The van der Waals surface area contributed by atoms with Crippen LogP contribution in [0, 0.1) is 19.7 Å². The maximum Gasteiger partial charge on any atom is 0.225 e. The highest BCUT2D eigenvalue weighted by molar-refractivity contribution is 6.31. The van der Waals surface area contributed by atoms with E-state index in [9.17, 15) is 9.18 Å². The number of nitrogens with one attached hydrogen (secondary N) is 1. The lowest BCUT2D eigenvalue weighted by Crippen LogP contribution is -2.25. The molecular formula is C18H24ClFN4O2. The average molecular weight is 383 g/mol. The first kappa shape index (κ1) is 20.4. The molecule has 0 saturated heterocycles. The molecule has 1 unspecified atom stereocenters. The fourth-order valence-electron chi connectivity index (χ4n) is 3.07. The fourth-order valence-corrected chi connectivity index (χ4v) is 3.32. The van der Waals surface area contributed by atoms with E-state index in [0.717, 1.165) is 17.0 Å². The Labute approximate surface area is 157 Å². The van der Waals surface area contributed by atoms with Crippen LogP contribution in [0.2, 0.25) is 5.02 Å². The Morgan fingerprint density at radius 3 is 2.77 bits per heavy atom. The molecule has 1 aromatic carbocycles. The summed E-state index contributed by atoms with van der Waals surface area (Å²) in [7, 11) is 0. The first-order chi connectivity index (χ1) is 12.3.